The molecule has 0 N–H and O–H groups in total. The van der Waals surface area contributed by atoms with Gasteiger partial charge in [0.2, 0.25) is 0 Å². The van der Waals surface area contributed by atoms with Crippen LogP contribution in [0.3, 0.4) is 0 Å². The highest BCUT2D eigenvalue weighted by Crippen LogP contribution is 2.46. The largest absolute Gasteiger partial charge is 0.295 e. The SMILES string of the molecule is O=C(N=N/C(=C1/SSN=C1Cl)c1ccc([N+](=O)[O-])cc1[N+](=O)[O-])c1ccc(F)cc1. The van der Waals surface area contributed by atoms with Crippen molar-refractivity contribution < 1.29 is 19.0 Å². The Hall–Kier alpha value is -3.16. The zero-order chi connectivity index (χ0) is 21.8. The van der Waals surface area contributed by atoms with Crippen LogP contribution < -0.4 is 0 Å². The number of allylic oxidation sites excluding steroid dienone is 1. The van der Waals surface area contributed by atoms with Crippen molar-refractivity contribution in [1.29, 1.82) is 0 Å². The molecule has 0 bridgehead atoms. The molecule has 1 heterocycles. The third-order valence-corrected chi connectivity index (χ3v) is 5.93. The highest BCUT2D eigenvalue weighted by atomic mass is 35.5. The number of carbonyl (C=O) groups excluding carboxylic acids is 1. The molecular weight excluding hydrogens is 461 g/mol. The van der Waals surface area contributed by atoms with Crippen molar-refractivity contribution in [3.8, 4) is 0 Å². The summed E-state index contributed by atoms with van der Waals surface area (Å²) in [5.41, 5.74) is -1.38. The van der Waals surface area contributed by atoms with Gasteiger partial charge in [0, 0.05) is 11.6 Å². The molecule has 1 aliphatic rings. The molecule has 2 aromatic carbocycles. The number of amides is 1. The van der Waals surface area contributed by atoms with E-state index in [1.54, 1.807) is 0 Å². The number of halogens is 2. The van der Waals surface area contributed by atoms with E-state index in [0.717, 1.165) is 52.1 Å². The number of hydrogen-bond acceptors (Lipinski definition) is 9. The molecule has 10 nitrogen and oxygen atoms in total. The summed E-state index contributed by atoms with van der Waals surface area (Å²) in [6.07, 6.45) is 0. The Bertz CT molecular complexity index is 1150. The highest BCUT2D eigenvalue weighted by Gasteiger charge is 2.28. The zero-order valence-electron chi connectivity index (χ0n) is 14.4. The molecule has 0 radical (unpaired) electrons. The minimum absolute atomic E-state index is 0.0270. The molecule has 152 valence electrons. The molecule has 0 saturated carbocycles. The fraction of sp³-hybridized carbons (Fsp3) is 0. The van der Waals surface area contributed by atoms with Crippen LogP contribution in [0.4, 0.5) is 15.8 Å². The van der Waals surface area contributed by atoms with Gasteiger partial charge in [-0.3, -0.25) is 25.0 Å². The Kier molecular flexibility index (Phi) is 6.54. The molecule has 0 atom stereocenters. The topological polar surface area (TPSA) is 140 Å². The average molecular weight is 468 g/mol. The summed E-state index contributed by atoms with van der Waals surface area (Å²) in [6.45, 7) is 0. The van der Waals surface area contributed by atoms with E-state index in [4.69, 9.17) is 11.6 Å². The zero-order valence-corrected chi connectivity index (χ0v) is 16.8. The van der Waals surface area contributed by atoms with E-state index in [0.29, 0.717) is 0 Å². The first-order chi connectivity index (χ1) is 14.3. The average Bonchev–Trinajstić information content (AvgIpc) is 3.14. The van der Waals surface area contributed by atoms with E-state index in [9.17, 15) is 29.4 Å². The Morgan fingerprint density at radius 1 is 1.07 bits per heavy atom. The summed E-state index contributed by atoms with van der Waals surface area (Å²) >= 11 is 6.03. The number of nitro benzene ring substituents is 2. The molecule has 0 unspecified atom stereocenters. The number of rotatable bonds is 5. The van der Waals surface area contributed by atoms with Crippen LogP contribution in [0.15, 0.2) is 62.0 Å². The van der Waals surface area contributed by atoms with Gasteiger partial charge in [0.15, 0.2) is 5.17 Å². The lowest BCUT2D eigenvalue weighted by atomic mass is 10.1. The third-order valence-electron chi connectivity index (χ3n) is 3.62. The number of azo groups is 1. The van der Waals surface area contributed by atoms with E-state index in [1.807, 2.05) is 0 Å². The molecule has 1 amide bonds. The second kappa shape index (κ2) is 9.11. The summed E-state index contributed by atoms with van der Waals surface area (Å²) < 4.78 is 16.9. The number of hydrogen-bond donors (Lipinski definition) is 0. The van der Waals surface area contributed by atoms with Gasteiger partial charge in [0.1, 0.15) is 11.5 Å². The predicted octanol–water partition coefficient (Wildman–Crippen LogP) is 5.55. The standard InChI is InChI=1S/C16H7ClFN5O5S2/c17-15-14(29-30-21-15)13(19-20-16(24)8-1-3-9(18)4-2-8)11-6-5-10(22(25)26)7-12(11)23(27)28/h1-7H/b14-13+,20-19?. The van der Waals surface area contributed by atoms with Crippen LogP contribution in [0.2, 0.25) is 0 Å². The molecule has 0 aliphatic carbocycles. The lowest BCUT2D eigenvalue weighted by Gasteiger charge is -2.06. The van der Waals surface area contributed by atoms with E-state index >= 15 is 0 Å². The summed E-state index contributed by atoms with van der Waals surface area (Å²) in [6, 6.07) is 7.47. The maximum absolute atomic E-state index is 13.0. The van der Waals surface area contributed by atoms with Crippen LogP contribution in [-0.4, -0.2) is 20.9 Å². The lowest BCUT2D eigenvalue weighted by molar-refractivity contribution is -0.394. The third kappa shape index (κ3) is 4.69. The number of benzene rings is 2. The minimum Gasteiger partial charge on any atom is -0.265 e. The second-order valence-electron chi connectivity index (χ2n) is 5.45. The Balaban J connectivity index is 2.11. The molecule has 14 heteroatoms. The van der Waals surface area contributed by atoms with E-state index in [-0.39, 0.29) is 26.9 Å². The predicted molar refractivity (Wildman–Crippen MR) is 111 cm³/mol. The van der Waals surface area contributed by atoms with Gasteiger partial charge in [-0.25, -0.2) is 4.39 Å². The minimum atomic E-state index is -0.832. The van der Waals surface area contributed by atoms with Crippen molar-refractivity contribution >= 4 is 61.5 Å². The van der Waals surface area contributed by atoms with Gasteiger partial charge in [-0.05, 0) is 41.1 Å². The lowest BCUT2D eigenvalue weighted by Crippen LogP contribution is -2.00. The maximum Gasteiger partial charge on any atom is 0.295 e. The van der Waals surface area contributed by atoms with Crippen LogP contribution in [-0.2, 0) is 0 Å². The van der Waals surface area contributed by atoms with Crippen molar-refractivity contribution in [2.45, 2.75) is 0 Å². The Morgan fingerprint density at radius 3 is 2.33 bits per heavy atom. The van der Waals surface area contributed by atoms with Gasteiger partial charge < -0.3 is 0 Å². The maximum atomic E-state index is 13.0. The van der Waals surface area contributed by atoms with Crippen molar-refractivity contribution in [2.24, 2.45) is 14.6 Å². The summed E-state index contributed by atoms with van der Waals surface area (Å²) in [7, 11) is 2.00. The summed E-state index contributed by atoms with van der Waals surface area (Å²) in [5, 5.41) is 29.8. The van der Waals surface area contributed by atoms with Crippen LogP contribution in [0.5, 0.6) is 0 Å². The van der Waals surface area contributed by atoms with Gasteiger partial charge in [-0.15, -0.1) is 10.2 Å². The molecule has 0 spiro atoms. The van der Waals surface area contributed by atoms with Crippen molar-refractivity contribution in [3.63, 3.8) is 0 Å². The van der Waals surface area contributed by atoms with Crippen LogP contribution in [0, 0.1) is 26.0 Å². The van der Waals surface area contributed by atoms with Crippen molar-refractivity contribution in [1.82, 2.24) is 0 Å². The van der Waals surface area contributed by atoms with Crippen LogP contribution in [0.1, 0.15) is 15.9 Å². The van der Waals surface area contributed by atoms with E-state index in [2.05, 4.69) is 14.6 Å². The first-order valence-corrected chi connectivity index (χ1v) is 10.2. The first kappa shape index (κ1) is 21.5. The van der Waals surface area contributed by atoms with Gasteiger partial charge in [0.25, 0.3) is 17.3 Å². The molecule has 3 rings (SSSR count). The molecule has 1 aliphatic heterocycles. The molecule has 0 fully saturated rings. The van der Waals surface area contributed by atoms with E-state index < -0.39 is 32.9 Å². The monoisotopic (exact) mass is 467 g/mol. The second-order valence-corrected chi connectivity index (χ2v) is 7.66. The molecule has 30 heavy (non-hydrogen) atoms. The molecule has 2 aromatic rings. The highest BCUT2D eigenvalue weighted by molar-refractivity contribution is 8.78. The van der Waals surface area contributed by atoms with Gasteiger partial charge in [-0.1, -0.05) is 11.6 Å². The van der Waals surface area contributed by atoms with Crippen LogP contribution >= 0.6 is 33.4 Å². The van der Waals surface area contributed by atoms with Gasteiger partial charge in [0.05, 0.1) is 37.4 Å². The summed E-state index contributed by atoms with van der Waals surface area (Å²) in [5.74, 6) is -1.38. The summed E-state index contributed by atoms with van der Waals surface area (Å²) in [4.78, 5) is 33.3. The quantitative estimate of drug-likeness (QED) is 0.184. The Morgan fingerprint density at radius 2 is 1.77 bits per heavy atom. The number of nitro groups is 2. The van der Waals surface area contributed by atoms with E-state index in [1.165, 1.54) is 12.1 Å². The smallest absolute Gasteiger partial charge is 0.265 e. The fourth-order valence-corrected chi connectivity index (χ4v) is 4.53. The molecule has 0 aromatic heterocycles. The number of non-ortho nitro benzene ring substituents is 1. The fourth-order valence-electron chi connectivity index (χ4n) is 2.25. The normalized spacial score (nSPS) is 15.2. The van der Waals surface area contributed by atoms with Gasteiger partial charge in [-0.2, -0.15) is 4.40 Å². The van der Waals surface area contributed by atoms with Crippen LogP contribution in [0.25, 0.3) is 5.70 Å². The number of carbonyl (C=O) groups is 1. The van der Waals surface area contributed by atoms with Crippen molar-refractivity contribution in [2.75, 3.05) is 0 Å². The van der Waals surface area contributed by atoms with Gasteiger partial charge >= 0.3 is 0 Å². The first-order valence-electron chi connectivity index (χ1n) is 7.74. The molecular formula is C16H7ClFN5O5S2. The Labute approximate surface area is 179 Å². The van der Waals surface area contributed by atoms with Crippen molar-refractivity contribution in [3.05, 3.63) is 84.5 Å². The molecule has 0 saturated heterocycles. The number of nitrogens with zero attached hydrogens (tertiary/aromatic N) is 5.